The summed E-state index contributed by atoms with van der Waals surface area (Å²) < 4.78 is 5.34. The fourth-order valence-corrected chi connectivity index (χ4v) is 1.98. The number of hydrogen-bond acceptors (Lipinski definition) is 5. The summed E-state index contributed by atoms with van der Waals surface area (Å²) in [5, 5.41) is 6.15. The minimum absolute atomic E-state index is 0. The number of pyridine rings is 1. The average Bonchev–Trinajstić information content (AvgIpc) is 2.97. The minimum atomic E-state index is -0.337. The van der Waals surface area contributed by atoms with Gasteiger partial charge in [-0.2, -0.15) is 4.98 Å². The van der Waals surface area contributed by atoms with Gasteiger partial charge in [-0.3, -0.25) is 4.98 Å². The molecule has 0 radical (unpaired) electrons. The van der Waals surface area contributed by atoms with E-state index >= 15 is 0 Å². The lowest BCUT2D eigenvalue weighted by Gasteiger charge is -2.15. The normalized spacial score (nSPS) is 11.4. The molecule has 110 valence electrons. The zero-order valence-electron chi connectivity index (χ0n) is 11.9. The first-order valence-electron chi connectivity index (χ1n) is 6.50. The number of nitrogens with zero attached hydrogens (tertiary/aromatic N) is 3. The van der Waals surface area contributed by atoms with Crippen molar-refractivity contribution in [3.8, 4) is 11.5 Å². The molecule has 1 aromatic carbocycles. The number of aromatic nitrogens is 3. The summed E-state index contributed by atoms with van der Waals surface area (Å²) in [5.41, 5.74) is 6.12. The van der Waals surface area contributed by atoms with Gasteiger partial charge in [-0.05, 0) is 25.3 Å². The quantitative estimate of drug-likeness (QED) is 0.805. The molecule has 0 spiro atoms. The minimum Gasteiger partial charge on any atom is -0.338 e. The van der Waals surface area contributed by atoms with Gasteiger partial charge >= 0.3 is 0 Å². The molecule has 0 aliphatic rings. The zero-order valence-corrected chi connectivity index (χ0v) is 12.7. The van der Waals surface area contributed by atoms with Crippen LogP contribution in [-0.2, 0) is 5.41 Å². The summed E-state index contributed by atoms with van der Waals surface area (Å²) in [5.74, 6) is 1.03. The Morgan fingerprint density at radius 2 is 1.95 bits per heavy atom. The Morgan fingerprint density at radius 1 is 1.19 bits per heavy atom. The van der Waals surface area contributed by atoms with Gasteiger partial charge in [0.25, 0.3) is 0 Å². The number of hydrogen-bond donors (Lipinski definition) is 1. The molecular formula is C15H17ClN4O. The first-order valence-corrected chi connectivity index (χ1v) is 6.50. The van der Waals surface area contributed by atoms with Crippen molar-refractivity contribution < 1.29 is 4.52 Å². The summed E-state index contributed by atoms with van der Waals surface area (Å²) in [4.78, 5) is 8.83. The highest BCUT2D eigenvalue weighted by atomic mass is 35.5. The molecular weight excluding hydrogens is 288 g/mol. The fraction of sp³-hybridized carbons (Fsp3) is 0.267. The van der Waals surface area contributed by atoms with Crippen LogP contribution in [0.15, 0.2) is 41.1 Å². The number of fused-ring (bicyclic) bond motifs is 1. The van der Waals surface area contributed by atoms with Crippen LogP contribution in [-0.4, -0.2) is 21.7 Å². The maximum absolute atomic E-state index is 5.73. The Labute approximate surface area is 129 Å². The summed E-state index contributed by atoms with van der Waals surface area (Å²) in [6, 6.07) is 9.96. The lowest BCUT2D eigenvalue weighted by molar-refractivity contribution is 0.311. The van der Waals surface area contributed by atoms with Crippen LogP contribution < -0.4 is 5.73 Å². The number of halogens is 1. The fourth-order valence-electron chi connectivity index (χ4n) is 1.98. The number of nitrogens with two attached hydrogens (primary N) is 1. The lowest BCUT2D eigenvalue weighted by Crippen LogP contribution is -2.28. The van der Waals surface area contributed by atoms with Gasteiger partial charge in [-0.1, -0.05) is 29.4 Å². The van der Waals surface area contributed by atoms with Crippen LogP contribution in [0.1, 0.15) is 19.7 Å². The molecule has 3 aromatic rings. The Balaban J connectivity index is 0.00000161. The summed E-state index contributed by atoms with van der Waals surface area (Å²) in [6.45, 7) is 4.39. The standard InChI is InChI=1S/C15H16N4O.ClH/c1-15(2,9-16)14-18-13(19-20-14)12-11-6-4-3-5-10(11)7-8-17-12;/h3-8H,9,16H2,1-2H3;1H. The molecule has 0 atom stereocenters. The van der Waals surface area contributed by atoms with Crippen LogP contribution in [0.3, 0.4) is 0 Å². The number of rotatable bonds is 3. The van der Waals surface area contributed by atoms with Gasteiger partial charge in [0.2, 0.25) is 11.7 Å². The molecule has 0 unspecified atom stereocenters. The second-order valence-electron chi connectivity index (χ2n) is 5.39. The van der Waals surface area contributed by atoms with Gasteiger partial charge in [0.05, 0.1) is 5.41 Å². The Morgan fingerprint density at radius 3 is 2.71 bits per heavy atom. The van der Waals surface area contributed by atoms with Crippen molar-refractivity contribution >= 4 is 23.2 Å². The predicted molar refractivity (Wildman–Crippen MR) is 84.4 cm³/mol. The van der Waals surface area contributed by atoms with E-state index in [0.717, 1.165) is 16.5 Å². The molecule has 21 heavy (non-hydrogen) atoms. The van der Waals surface area contributed by atoms with Crippen molar-refractivity contribution in [3.63, 3.8) is 0 Å². The van der Waals surface area contributed by atoms with E-state index in [0.29, 0.717) is 18.3 Å². The van der Waals surface area contributed by atoms with E-state index in [1.165, 1.54) is 0 Å². The van der Waals surface area contributed by atoms with Gasteiger partial charge in [0.1, 0.15) is 5.69 Å². The van der Waals surface area contributed by atoms with E-state index in [4.69, 9.17) is 10.3 Å². The first-order chi connectivity index (χ1) is 9.62. The van der Waals surface area contributed by atoms with Crippen LogP contribution in [0, 0.1) is 0 Å². The molecule has 0 fully saturated rings. The lowest BCUT2D eigenvalue weighted by atomic mass is 9.94. The van der Waals surface area contributed by atoms with Gasteiger partial charge in [-0.15, -0.1) is 12.4 Å². The van der Waals surface area contributed by atoms with E-state index in [1.807, 2.05) is 44.2 Å². The van der Waals surface area contributed by atoms with Crippen molar-refractivity contribution in [3.05, 3.63) is 42.4 Å². The molecule has 2 N–H and O–H groups in total. The zero-order chi connectivity index (χ0) is 14.2. The highest BCUT2D eigenvalue weighted by Crippen LogP contribution is 2.27. The third kappa shape index (κ3) is 2.75. The smallest absolute Gasteiger partial charge is 0.233 e. The predicted octanol–water partition coefficient (Wildman–Crippen LogP) is 2.94. The van der Waals surface area contributed by atoms with E-state index in [2.05, 4.69) is 15.1 Å². The largest absolute Gasteiger partial charge is 0.338 e. The summed E-state index contributed by atoms with van der Waals surface area (Å²) >= 11 is 0. The van der Waals surface area contributed by atoms with Crippen LogP contribution in [0.5, 0.6) is 0 Å². The Bertz CT molecular complexity index is 749. The maximum atomic E-state index is 5.73. The maximum Gasteiger partial charge on any atom is 0.233 e. The third-order valence-electron chi connectivity index (χ3n) is 3.40. The van der Waals surface area contributed by atoms with E-state index in [1.54, 1.807) is 6.20 Å². The van der Waals surface area contributed by atoms with Crippen LogP contribution >= 0.6 is 12.4 Å². The molecule has 2 aromatic heterocycles. The van der Waals surface area contributed by atoms with E-state index < -0.39 is 0 Å². The second-order valence-corrected chi connectivity index (χ2v) is 5.39. The monoisotopic (exact) mass is 304 g/mol. The molecule has 0 aliphatic carbocycles. The van der Waals surface area contributed by atoms with Crippen molar-refractivity contribution in [1.82, 2.24) is 15.1 Å². The molecule has 2 heterocycles. The molecule has 0 amide bonds. The van der Waals surface area contributed by atoms with Crippen molar-refractivity contribution in [2.75, 3.05) is 6.54 Å². The van der Waals surface area contributed by atoms with E-state index in [-0.39, 0.29) is 17.8 Å². The van der Waals surface area contributed by atoms with Crippen molar-refractivity contribution in [2.24, 2.45) is 5.73 Å². The van der Waals surface area contributed by atoms with Crippen LogP contribution in [0.4, 0.5) is 0 Å². The van der Waals surface area contributed by atoms with Crippen LogP contribution in [0.2, 0.25) is 0 Å². The van der Waals surface area contributed by atoms with Crippen LogP contribution in [0.25, 0.3) is 22.3 Å². The molecule has 0 saturated carbocycles. The molecule has 6 heteroatoms. The topological polar surface area (TPSA) is 77.8 Å². The Hall–Kier alpha value is -1.98. The first kappa shape index (κ1) is 15.4. The van der Waals surface area contributed by atoms with Gasteiger partial charge in [0, 0.05) is 18.1 Å². The Kier molecular flexibility index (Phi) is 4.25. The summed E-state index contributed by atoms with van der Waals surface area (Å²) in [6.07, 6.45) is 1.75. The van der Waals surface area contributed by atoms with Crippen molar-refractivity contribution in [1.29, 1.82) is 0 Å². The molecule has 0 aliphatic heterocycles. The second kappa shape index (κ2) is 5.79. The molecule has 5 nitrogen and oxygen atoms in total. The third-order valence-corrected chi connectivity index (χ3v) is 3.40. The highest BCUT2D eigenvalue weighted by molar-refractivity contribution is 5.92. The van der Waals surface area contributed by atoms with Crippen molar-refractivity contribution in [2.45, 2.75) is 19.3 Å². The molecule has 0 bridgehead atoms. The SMILES string of the molecule is CC(C)(CN)c1nc(-c2nccc3ccccc23)no1.Cl. The average molecular weight is 305 g/mol. The highest BCUT2D eigenvalue weighted by Gasteiger charge is 2.26. The van der Waals surface area contributed by atoms with Gasteiger partial charge < -0.3 is 10.3 Å². The van der Waals surface area contributed by atoms with E-state index in [9.17, 15) is 0 Å². The van der Waals surface area contributed by atoms with Gasteiger partial charge in [0.15, 0.2) is 0 Å². The molecule has 3 rings (SSSR count). The number of benzene rings is 1. The molecule has 0 saturated heterocycles. The van der Waals surface area contributed by atoms with Gasteiger partial charge in [-0.25, -0.2) is 0 Å². The summed E-state index contributed by atoms with van der Waals surface area (Å²) in [7, 11) is 0.